The van der Waals surface area contributed by atoms with Gasteiger partial charge in [-0.3, -0.25) is 0 Å². The Morgan fingerprint density at radius 3 is 2.15 bits per heavy atom. The third-order valence-corrected chi connectivity index (χ3v) is 4.56. The van der Waals surface area contributed by atoms with Crippen LogP contribution in [-0.2, 0) is 0 Å². The number of benzene rings is 1. The van der Waals surface area contributed by atoms with Crippen molar-refractivity contribution in [1.82, 2.24) is 9.97 Å². The minimum Gasteiger partial charge on any atom is -0.491 e. The summed E-state index contributed by atoms with van der Waals surface area (Å²) < 4.78 is 11.7. The van der Waals surface area contributed by atoms with Gasteiger partial charge in [-0.05, 0) is 50.5 Å². The lowest BCUT2D eigenvalue weighted by Crippen LogP contribution is -2.11. The lowest BCUT2D eigenvalue weighted by Gasteiger charge is -2.14. The van der Waals surface area contributed by atoms with Crippen LogP contribution in [0.1, 0.15) is 72.1 Å². The fourth-order valence-corrected chi connectivity index (χ4v) is 2.91. The predicted octanol–water partition coefficient (Wildman–Crippen LogP) is 6.45. The van der Waals surface area contributed by atoms with Gasteiger partial charge in [-0.2, -0.15) is 0 Å². The van der Waals surface area contributed by atoms with Gasteiger partial charge in [0.25, 0.3) is 0 Å². The standard InChI is InChI=1S/C23H34N2O2/c1-4-6-8-9-11-19(3)27-21-14-12-20(13-15-21)23-24-17-22(18-25-23)26-16-10-7-5-2/h12-15,17-19H,4-11,16H2,1-3H3. The fourth-order valence-electron chi connectivity index (χ4n) is 2.91. The molecule has 0 spiro atoms. The van der Waals surface area contributed by atoms with Gasteiger partial charge in [0.2, 0.25) is 0 Å². The van der Waals surface area contributed by atoms with Crippen LogP contribution >= 0.6 is 0 Å². The maximum Gasteiger partial charge on any atom is 0.159 e. The van der Waals surface area contributed by atoms with E-state index in [4.69, 9.17) is 9.47 Å². The van der Waals surface area contributed by atoms with Crippen molar-refractivity contribution in [2.24, 2.45) is 0 Å². The number of rotatable bonds is 13. The van der Waals surface area contributed by atoms with Gasteiger partial charge in [-0.15, -0.1) is 0 Å². The largest absolute Gasteiger partial charge is 0.491 e. The quantitative estimate of drug-likeness (QED) is 0.380. The average molecular weight is 371 g/mol. The number of ether oxygens (including phenoxy) is 2. The minimum atomic E-state index is 0.244. The van der Waals surface area contributed by atoms with Crippen LogP contribution in [-0.4, -0.2) is 22.7 Å². The second-order valence-electron chi connectivity index (χ2n) is 7.10. The maximum atomic E-state index is 6.01. The molecule has 0 bridgehead atoms. The first-order valence-electron chi connectivity index (χ1n) is 10.4. The van der Waals surface area contributed by atoms with Crippen LogP contribution in [0.25, 0.3) is 11.4 Å². The number of nitrogens with zero attached hydrogens (tertiary/aromatic N) is 2. The molecule has 0 radical (unpaired) electrons. The molecular weight excluding hydrogens is 336 g/mol. The Kier molecular flexibility index (Phi) is 9.67. The molecule has 0 amide bonds. The van der Waals surface area contributed by atoms with E-state index in [0.717, 1.165) is 36.5 Å². The highest BCUT2D eigenvalue weighted by molar-refractivity contribution is 5.56. The Morgan fingerprint density at radius 1 is 0.815 bits per heavy atom. The Hall–Kier alpha value is -2.10. The third-order valence-electron chi connectivity index (χ3n) is 4.56. The van der Waals surface area contributed by atoms with E-state index in [2.05, 4.69) is 30.7 Å². The minimum absolute atomic E-state index is 0.244. The number of hydrogen-bond donors (Lipinski definition) is 0. The Labute approximate surface area is 164 Å². The summed E-state index contributed by atoms with van der Waals surface area (Å²) in [5.74, 6) is 2.33. The van der Waals surface area contributed by atoms with E-state index in [-0.39, 0.29) is 6.10 Å². The molecule has 0 aliphatic heterocycles. The van der Waals surface area contributed by atoms with Crippen LogP contribution in [0.2, 0.25) is 0 Å². The number of unbranched alkanes of at least 4 members (excludes halogenated alkanes) is 5. The van der Waals surface area contributed by atoms with Crippen LogP contribution in [0.4, 0.5) is 0 Å². The second kappa shape index (κ2) is 12.3. The first-order valence-corrected chi connectivity index (χ1v) is 10.4. The summed E-state index contributed by atoms with van der Waals surface area (Å²) in [4.78, 5) is 8.84. The van der Waals surface area contributed by atoms with E-state index in [1.165, 1.54) is 38.5 Å². The Balaban J connectivity index is 1.82. The van der Waals surface area contributed by atoms with Gasteiger partial charge in [0.05, 0.1) is 25.1 Å². The van der Waals surface area contributed by atoms with Gasteiger partial charge in [-0.1, -0.05) is 46.0 Å². The molecule has 4 heteroatoms. The van der Waals surface area contributed by atoms with E-state index >= 15 is 0 Å². The molecule has 0 fully saturated rings. The van der Waals surface area contributed by atoms with Crippen LogP contribution in [0.5, 0.6) is 11.5 Å². The van der Waals surface area contributed by atoms with Gasteiger partial charge >= 0.3 is 0 Å². The molecule has 4 nitrogen and oxygen atoms in total. The second-order valence-corrected chi connectivity index (χ2v) is 7.10. The van der Waals surface area contributed by atoms with E-state index < -0.39 is 0 Å². The molecule has 1 heterocycles. The van der Waals surface area contributed by atoms with Crippen molar-refractivity contribution in [3.63, 3.8) is 0 Å². The lowest BCUT2D eigenvalue weighted by atomic mass is 10.1. The molecule has 0 aliphatic rings. The molecule has 0 saturated heterocycles. The molecule has 1 atom stereocenters. The average Bonchev–Trinajstić information content (AvgIpc) is 2.70. The van der Waals surface area contributed by atoms with Crippen molar-refractivity contribution in [1.29, 1.82) is 0 Å². The fraction of sp³-hybridized carbons (Fsp3) is 0.565. The Morgan fingerprint density at radius 2 is 1.48 bits per heavy atom. The van der Waals surface area contributed by atoms with Gasteiger partial charge in [-0.25, -0.2) is 9.97 Å². The molecule has 2 rings (SSSR count). The van der Waals surface area contributed by atoms with Gasteiger partial charge in [0.15, 0.2) is 11.6 Å². The van der Waals surface area contributed by atoms with Crippen molar-refractivity contribution in [2.45, 2.75) is 78.2 Å². The highest BCUT2D eigenvalue weighted by atomic mass is 16.5. The molecule has 0 saturated carbocycles. The summed E-state index contributed by atoms with van der Waals surface area (Å²) in [6.45, 7) is 7.28. The summed E-state index contributed by atoms with van der Waals surface area (Å²) in [6.07, 6.45) is 13.4. The van der Waals surface area contributed by atoms with Crippen molar-refractivity contribution in [3.8, 4) is 22.9 Å². The molecule has 1 aromatic carbocycles. The predicted molar refractivity (Wildman–Crippen MR) is 111 cm³/mol. The van der Waals surface area contributed by atoms with Gasteiger partial charge in [0.1, 0.15) is 5.75 Å². The molecule has 0 aliphatic carbocycles. The summed E-state index contributed by atoms with van der Waals surface area (Å²) in [5.41, 5.74) is 0.982. The highest BCUT2D eigenvalue weighted by Gasteiger charge is 2.06. The molecular formula is C23H34N2O2. The summed E-state index contributed by atoms with van der Waals surface area (Å²) in [6, 6.07) is 8.01. The molecule has 1 unspecified atom stereocenters. The summed E-state index contributed by atoms with van der Waals surface area (Å²) in [5, 5.41) is 0. The highest BCUT2D eigenvalue weighted by Crippen LogP contribution is 2.22. The first kappa shape index (κ1) is 21.2. The van der Waals surface area contributed by atoms with Crippen molar-refractivity contribution in [2.75, 3.05) is 6.61 Å². The van der Waals surface area contributed by atoms with E-state index in [0.29, 0.717) is 5.82 Å². The maximum absolute atomic E-state index is 6.01. The summed E-state index contributed by atoms with van der Waals surface area (Å²) in [7, 11) is 0. The zero-order valence-corrected chi connectivity index (χ0v) is 17.1. The van der Waals surface area contributed by atoms with Crippen LogP contribution in [0.3, 0.4) is 0 Å². The monoisotopic (exact) mass is 370 g/mol. The SMILES string of the molecule is CCCCCCC(C)Oc1ccc(-c2ncc(OCCCCC)cn2)cc1. The van der Waals surface area contributed by atoms with Crippen LogP contribution in [0, 0.1) is 0 Å². The van der Waals surface area contributed by atoms with Crippen molar-refractivity contribution < 1.29 is 9.47 Å². The van der Waals surface area contributed by atoms with E-state index in [1.54, 1.807) is 12.4 Å². The van der Waals surface area contributed by atoms with E-state index in [1.807, 2.05) is 24.3 Å². The smallest absolute Gasteiger partial charge is 0.159 e. The topological polar surface area (TPSA) is 44.2 Å². The van der Waals surface area contributed by atoms with Crippen molar-refractivity contribution in [3.05, 3.63) is 36.7 Å². The van der Waals surface area contributed by atoms with Gasteiger partial charge < -0.3 is 9.47 Å². The molecule has 2 aromatic rings. The van der Waals surface area contributed by atoms with E-state index in [9.17, 15) is 0 Å². The zero-order chi connectivity index (χ0) is 19.3. The molecule has 0 N–H and O–H groups in total. The Bertz CT molecular complexity index is 626. The lowest BCUT2D eigenvalue weighted by molar-refractivity contribution is 0.206. The number of aromatic nitrogens is 2. The van der Waals surface area contributed by atoms with Gasteiger partial charge in [0, 0.05) is 5.56 Å². The third kappa shape index (κ3) is 7.98. The molecule has 27 heavy (non-hydrogen) atoms. The molecule has 148 valence electrons. The first-order chi connectivity index (χ1) is 13.2. The zero-order valence-electron chi connectivity index (χ0n) is 17.1. The number of hydrogen-bond acceptors (Lipinski definition) is 4. The summed E-state index contributed by atoms with van der Waals surface area (Å²) >= 11 is 0. The van der Waals surface area contributed by atoms with Crippen LogP contribution in [0.15, 0.2) is 36.7 Å². The van der Waals surface area contributed by atoms with Crippen molar-refractivity contribution >= 4 is 0 Å². The van der Waals surface area contributed by atoms with Crippen LogP contribution < -0.4 is 9.47 Å². The normalized spacial score (nSPS) is 12.0. The molecule has 1 aromatic heterocycles.